The minimum absolute atomic E-state index is 0.00366. The number of phenols is 1. The second kappa shape index (κ2) is 8.16. The summed E-state index contributed by atoms with van der Waals surface area (Å²) in [6, 6.07) is 13.6. The number of benzene rings is 2. The predicted octanol–water partition coefficient (Wildman–Crippen LogP) is 5.85. The van der Waals surface area contributed by atoms with Gasteiger partial charge in [-0.1, -0.05) is 71.9 Å². The molecule has 0 fully saturated rings. The zero-order valence-corrected chi connectivity index (χ0v) is 17.5. The van der Waals surface area contributed by atoms with Crippen LogP contribution in [0.4, 0.5) is 5.69 Å². The van der Waals surface area contributed by atoms with Crippen LogP contribution >= 0.6 is 0 Å². The number of para-hydroxylation sites is 1. The minimum Gasteiger partial charge on any atom is -0.507 e. The standard InChI is InChI=1S/C24H33NO2/c1-23(2,3)16-18-14-17(15-20(22(18)27)24(4,5)6)12-13-21(26)25-19-10-8-7-9-11-19/h7-11,14-15,27H,12-13,16H2,1-6H3,(H,25,26). The van der Waals surface area contributed by atoms with Crippen molar-refractivity contribution in [2.24, 2.45) is 5.41 Å². The van der Waals surface area contributed by atoms with Gasteiger partial charge in [-0.25, -0.2) is 0 Å². The van der Waals surface area contributed by atoms with Gasteiger partial charge in [0.1, 0.15) is 5.75 Å². The molecule has 0 aliphatic heterocycles. The summed E-state index contributed by atoms with van der Waals surface area (Å²) in [5.74, 6) is 0.402. The lowest BCUT2D eigenvalue weighted by Gasteiger charge is -2.26. The molecule has 0 aliphatic rings. The average molecular weight is 368 g/mol. The Balaban J connectivity index is 2.20. The summed E-state index contributed by atoms with van der Waals surface area (Å²) in [5.41, 5.74) is 3.75. The third kappa shape index (κ3) is 6.42. The van der Waals surface area contributed by atoms with Gasteiger partial charge in [-0.05, 0) is 52.5 Å². The summed E-state index contributed by atoms with van der Waals surface area (Å²) >= 11 is 0. The molecule has 0 saturated heterocycles. The molecule has 146 valence electrons. The third-order valence-corrected chi connectivity index (χ3v) is 4.48. The largest absolute Gasteiger partial charge is 0.507 e. The number of hydrogen-bond donors (Lipinski definition) is 2. The number of nitrogens with one attached hydrogen (secondary N) is 1. The van der Waals surface area contributed by atoms with Gasteiger partial charge in [-0.15, -0.1) is 0 Å². The molecule has 0 atom stereocenters. The van der Waals surface area contributed by atoms with E-state index in [0.717, 1.165) is 28.8 Å². The van der Waals surface area contributed by atoms with E-state index in [1.807, 2.05) is 30.3 Å². The quantitative estimate of drug-likeness (QED) is 0.696. The summed E-state index contributed by atoms with van der Waals surface area (Å²) in [6.45, 7) is 12.8. The maximum Gasteiger partial charge on any atom is 0.224 e. The minimum atomic E-state index is -0.154. The Kier molecular flexibility index (Phi) is 6.35. The Labute approximate surface area is 163 Å². The summed E-state index contributed by atoms with van der Waals surface area (Å²) in [7, 11) is 0. The van der Waals surface area contributed by atoms with E-state index in [1.54, 1.807) is 0 Å². The Morgan fingerprint density at radius 3 is 2.19 bits per heavy atom. The molecule has 27 heavy (non-hydrogen) atoms. The van der Waals surface area contributed by atoms with Crippen LogP contribution in [0.5, 0.6) is 5.75 Å². The lowest BCUT2D eigenvalue weighted by Crippen LogP contribution is -2.16. The number of carbonyl (C=O) groups excluding carboxylic acids is 1. The second-order valence-corrected chi connectivity index (χ2v) is 9.55. The fraction of sp³-hybridized carbons (Fsp3) is 0.458. The molecule has 0 saturated carbocycles. The molecule has 0 radical (unpaired) electrons. The Morgan fingerprint density at radius 2 is 1.63 bits per heavy atom. The number of amides is 1. The van der Waals surface area contributed by atoms with Crippen molar-refractivity contribution in [2.75, 3.05) is 5.32 Å². The van der Waals surface area contributed by atoms with Gasteiger partial charge in [-0.3, -0.25) is 4.79 Å². The highest BCUT2D eigenvalue weighted by molar-refractivity contribution is 5.90. The fourth-order valence-electron chi connectivity index (χ4n) is 3.19. The molecule has 3 nitrogen and oxygen atoms in total. The van der Waals surface area contributed by atoms with Crippen LogP contribution in [0.2, 0.25) is 0 Å². The highest BCUT2D eigenvalue weighted by Gasteiger charge is 2.23. The van der Waals surface area contributed by atoms with Crippen molar-refractivity contribution in [1.82, 2.24) is 0 Å². The number of anilines is 1. The van der Waals surface area contributed by atoms with Crippen LogP contribution < -0.4 is 5.32 Å². The van der Waals surface area contributed by atoms with Crippen LogP contribution in [0.15, 0.2) is 42.5 Å². The SMILES string of the molecule is CC(C)(C)Cc1cc(CCC(=O)Nc2ccccc2)cc(C(C)(C)C)c1O. The van der Waals surface area contributed by atoms with Crippen molar-refractivity contribution in [2.45, 2.75) is 66.2 Å². The van der Waals surface area contributed by atoms with E-state index >= 15 is 0 Å². The van der Waals surface area contributed by atoms with Crippen LogP contribution in [-0.4, -0.2) is 11.0 Å². The summed E-state index contributed by atoms with van der Waals surface area (Å²) in [6.07, 6.45) is 1.86. The summed E-state index contributed by atoms with van der Waals surface area (Å²) in [5, 5.41) is 13.7. The van der Waals surface area contributed by atoms with Gasteiger partial charge in [0.25, 0.3) is 0 Å². The van der Waals surface area contributed by atoms with Crippen molar-refractivity contribution >= 4 is 11.6 Å². The molecular weight excluding hydrogens is 334 g/mol. The van der Waals surface area contributed by atoms with Crippen LogP contribution in [0.1, 0.15) is 64.7 Å². The van der Waals surface area contributed by atoms with E-state index < -0.39 is 0 Å². The van der Waals surface area contributed by atoms with Crippen LogP contribution in [0, 0.1) is 5.41 Å². The van der Waals surface area contributed by atoms with E-state index in [4.69, 9.17) is 0 Å². The molecule has 0 bridgehead atoms. The highest BCUT2D eigenvalue weighted by atomic mass is 16.3. The van der Waals surface area contributed by atoms with Crippen molar-refractivity contribution < 1.29 is 9.90 Å². The smallest absolute Gasteiger partial charge is 0.224 e. The van der Waals surface area contributed by atoms with Gasteiger partial charge in [0.2, 0.25) is 5.91 Å². The number of rotatable bonds is 5. The van der Waals surface area contributed by atoms with Gasteiger partial charge in [0.15, 0.2) is 0 Å². The zero-order valence-electron chi connectivity index (χ0n) is 17.5. The fourth-order valence-corrected chi connectivity index (χ4v) is 3.19. The lowest BCUT2D eigenvalue weighted by atomic mass is 9.80. The first kappa shape index (κ1) is 21.0. The van der Waals surface area contributed by atoms with E-state index in [1.165, 1.54) is 0 Å². The van der Waals surface area contributed by atoms with Gasteiger partial charge in [0, 0.05) is 12.1 Å². The number of hydrogen-bond acceptors (Lipinski definition) is 2. The molecule has 1 amide bonds. The van der Waals surface area contributed by atoms with Crippen molar-refractivity contribution in [3.8, 4) is 5.75 Å². The molecule has 0 unspecified atom stereocenters. The molecule has 0 aromatic heterocycles. The maximum atomic E-state index is 12.3. The Morgan fingerprint density at radius 1 is 1.00 bits per heavy atom. The third-order valence-electron chi connectivity index (χ3n) is 4.48. The molecule has 2 aromatic carbocycles. The molecule has 2 rings (SSSR count). The average Bonchev–Trinajstić information content (AvgIpc) is 2.54. The van der Waals surface area contributed by atoms with Crippen molar-refractivity contribution in [3.63, 3.8) is 0 Å². The lowest BCUT2D eigenvalue weighted by molar-refractivity contribution is -0.116. The van der Waals surface area contributed by atoms with E-state index in [9.17, 15) is 9.90 Å². The van der Waals surface area contributed by atoms with Crippen LogP contribution in [0.3, 0.4) is 0 Å². The zero-order chi connectivity index (χ0) is 20.2. The van der Waals surface area contributed by atoms with Crippen molar-refractivity contribution in [1.29, 1.82) is 0 Å². The topological polar surface area (TPSA) is 49.3 Å². The van der Waals surface area contributed by atoms with Gasteiger partial charge in [-0.2, -0.15) is 0 Å². The van der Waals surface area contributed by atoms with Gasteiger partial charge < -0.3 is 10.4 Å². The maximum absolute atomic E-state index is 12.3. The molecular formula is C24H33NO2. The first-order chi connectivity index (χ1) is 12.5. The molecule has 2 N–H and O–H groups in total. The first-order valence-corrected chi connectivity index (χ1v) is 9.66. The highest BCUT2D eigenvalue weighted by Crippen LogP contribution is 2.37. The van der Waals surface area contributed by atoms with Crippen molar-refractivity contribution in [3.05, 3.63) is 59.2 Å². The molecule has 2 aromatic rings. The summed E-state index contributed by atoms with van der Waals surface area (Å²) < 4.78 is 0. The Bertz CT molecular complexity index is 781. The molecule has 0 spiro atoms. The number of aromatic hydroxyl groups is 1. The Hall–Kier alpha value is -2.29. The van der Waals surface area contributed by atoms with E-state index in [-0.39, 0.29) is 16.7 Å². The molecule has 0 heterocycles. The van der Waals surface area contributed by atoms with Gasteiger partial charge >= 0.3 is 0 Å². The van der Waals surface area contributed by atoms with Crippen LogP contribution in [-0.2, 0) is 23.1 Å². The predicted molar refractivity (Wildman–Crippen MR) is 113 cm³/mol. The van der Waals surface area contributed by atoms with Gasteiger partial charge in [0.05, 0.1) is 0 Å². The summed E-state index contributed by atoms with van der Waals surface area (Å²) in [4.78, 5) is 12.3. The van der Waals surface area contributed by atoms with E-state index in [2.05, 4.69) is 59.0 Å². The van der Waals surface area contributed by atoms with Crippen LogP contribution in [0.25, 0.3) is 0 Å². The monoisotopic (exact) mass is 367 g/mol. The normalized spacial score (nSPS) is 12.1. The van der Waals surface area contributed by atoms with E-state index in [0.29, 0.717) is 18.6 Å². The number of phenolic OH excluding ortho intramolecular Hbond substituents is 1. The second-order valence-electron chi connectivity index (χ2n) is 9.55. The molecule has 3 heteroatoms. The number of carbonyl (C=O) groups is 1. The molecule has 0 aliphatic carbocycles. The number of aryl methyl sites for hydroxylation is 1. The first-order valence-electron chi connectivity index (χ1n) is 9.66.